The molecule has 3 aromatic rings. The lowest BCUT2D eigenvalue weighted by atomic mass is 9.86. The molecule has 2 atom stereocenters. The van der Waals surface area contributed by atoms with Crippen molar-refractivity contribution in [3.63, 3.8) is 0 Å². The zero-order valence-corrected chi connectivity index (χ0v) is 15.2. The quantitative estimate of drug-likeness (QED) is 0.711. The molecule has 1 aliphatic rings. The van der Waals surface area contributed by atoms with Crippen LogP contribution in [0.3, 0.4) is 0 Å². The second-order valence-corrected chi connectivity index (χ2v) is 7.14. The summed E-state index contributed by atoms with van der Waals surface area (Å²) >= 11 is 0. The van der Waals surface area contributed by atoms with Crippen molar-refractivity contribution in [1.29, 1.82) is 0 Å². The zero-order chi connectivity index (χ0) is 18.1. The van der Waals surface area contributed by atoms with Crippen LogP contribution in [0.15, 0.2) is 72.8 Å². The Labute approximate surface area is 154 Å². The summed E-state index contributed by atoms with van der Waals surface area (Å²) < 4.78 is 0. The average molecular weight is 341 g/mol. The highest BCUT2D eigenvalue weighted by atomic mass is 16.1. The van der Waals surface area contributed by atoms with E-state index in [1.54, 1.807) is 7.05 Å². The van der Waals surface area contributed by atoms with Crippen molar-refractivity contribution in [1.82, 2.24) is 5.32 Å². The third kappa shape index (κ3) is 2.92. The van der Waals surface area contributed by atoms with Crippen LogP contribution in [-0.2, 0) is 6.42 Å². The fraction of sp³-hybridized carbons (Fsp3) is 0.208. The van der Waals surface area contributed by atoms with E-state index in [0.717, 1.165) is 12.0 Å². The number of benzene rings is 3. The number of nitrogens with one attached hydrogen (secondary N) is 1. The summed E-state index contributed by atoms with van der Waals surface area (Å²) in [6.45, 7) is 2.34. The zero-order valence-electron chi connectivity index (χ0n) is 15.2. The minimum atomic E-state index is -0.0523. The number of fused-ring (bicyclic) bond motifs is 1. The van der Waals surface area contributed by atoms with Crippen LogP contribution in [0.4, 0.5) is 0 Å². The van der Waals surface area contributed by atoms with Crippen molar-refractivity contribution in [3.8, 4) is 11.1 Å². The van der Waals surface area contributed by atoms with Gasteiger partial charge in [-0.25, -0.2) is 0 Å². The van der Waals surface area contributed by atoms with E-state index in [1.807, 2.05) is 24.3 Å². The molecule has 130 valence electrons. The second-order valence-electron chi connectivity index (χ2n) is 7.14. The van der Waals surface area contributed by atoms with Crippen LogP contribution in [0.25, 0.3) is 11.1 Å². The normalized spacial score (nSPS) is 18.4. The summed E-state index contributed by atoms with van der Waals surface area (Å²) in [4.78, 5) is 11.7. The first-order chi connectivity index (χ1) is 12.7. The Bertz CT molecular complexity index is 928. The Morgan fingerprint density at radius 3 is 2.31 bits per heavy atom. The number of carbonyl (C=O) groups is 1. The number of rotatable bonds is 3. The third-order valence-corrected chi connectivity index (χ3v) is 5.46. The van der Waals surface area contributed by atoms with Gasteiger partial charge in [0.25, 0.3) is 5.91 Å². The maximum absolute atomic E-state index is 11.7. The Morgan fingerprint density at radius 2 is 1.62 bits per heavy atom. The molecular formula is C24H23NO. The molecule has 0 bridgehead atoms. The first-order valence-electron chi connectivity index (χ1n) is 9.17. The highest BCUT2D eigenvalue weighted by molar-refractivity contribution is 5.94. The van der Waals surface area contributed by atoms with Crippen LogP contribution in [0.2, 0.25) is 0 Å². The topological polar surface area (TPSA) is 29.1 Å². The van der Waals surface area contributed by atoms with Gasteiger partial charge in [-0.1, -0.05) is 67.6 Å². The first-order valence-corrected chi connectivity index (χ1v) is 9.17. The van der Waals surface area contributed by atoms with E-state index in [2.05, 4.69) is 60.8 Å². The van der Waals surface area contributed by atoms with Crippen molar-refractivity contribution >= 4 is 5.91 Å². The number of amides is 1. The Kier molecular flexibility index (Phi) is 4.34. The van der Waals surface area contributed by atoms with Crippen LogP contribution in [-0.4, -0.2) is 13.0 Å². The van der Waals surface area contributed by atoms with Gasteiger partial charge in [0.2, 0.25) is 0 Å². The lowest BCUT2D eigenvalue weighted by Gasteiger charge is -2.18. The summed E-state index contributed by atoms with van der Waals surface area (Å²) in [6, 6.07) is 25.5. The minimum absolute atomic E-state index is 0.0523. The van der Waals surface area contributed by atoms with Gasteiger partial charge in [-0.05, 0) is 52.3 Å². The van der Waals surface area contributed by atoms with Crippen LogP contribution < -0.4 is 5.32 Å². The smallest absolute Gasteiger partial charge is 0.251 e. The average Bonchev–Trinajstić information content (AvgIpc) is 3.03. The fourth-order valence-corrected chi connectivity index (χ4v) is 4.15. The Hall–Kier alpha value is -2.87. The third-order valence-electron chi connectivity index (χ3n) is 5.46. The SMILES string of the molecule is CNC(=O)c1ccc(-c2ccc3c(c2)[C@H](c2ccccc2)[C@@H](C)C3)cc1. The summed E-state index contributed by atoms with van der Waals surface area (Å²) in [6.07, 6.45) is 1.13. The molecule has 4 rings (SSSR count). The molecule has 1 aliphatic carbocycles. The molecule has 2 heteroatoms. The van der Waals surface area contributed by atoms with Crippen molar-refractivity contribution in [2.75, 3.05) is 7.05 Å². The van der Waals surface area contributed by atoms with Gasteiger partial charge < -0.3 is 5.32 Å². The first kappa shape index (κ1) is 16.6. The number of hydrogen-bond acceptors (Lipinski definition) is 1. The summed E-state index contributed by atoms with van der Waals surface area (Å²) in [5.74, 6) is 1.01. The lowest BCUT2D eigenvalue weighted by molar-refractivity contribution is 0.0963. The van der Waals surface area contributed by atoms with Gasteiger partial charge >= 0.3 is 0 Å². The molecule has 0 unspecified atom stereocenters. The van der Waals surface area contributed by atoms with E-state index >= 15 is 0 Å². The van der Waals surface area contributed by atoms with E-state index in [1.165, 1.54) is 22.3 Å². The van der Waals surface area contributed by atoms with E-state index in [4.69, 9.17) is 0 Å². The molecule has 0 spiro atoms. The van der Waals surface area contributed by atoms with Crippen LogP contribution in [0.5, 0.6) is 0 Å². The molecule has 1 amide bonds. The van der Waals surface area contributed by atoms with Crippen molar-refractivity contribution in [3.05, 3.63) is 95.1 Å². The fourth-order valence-electron chi connectivity index (χ4n) is 4.15. The molecule has 26 heavy (non-hydrogen) atoms. The maximum Gasteiger partial charge on any atom is 0.251 e. The van der Waals surface area contributed by atoms with Crippen LogP contribution in [0, 0.1) is 5.92 Å². The second kappa shape index (κ2) is 6.80. The highest BCUT2D eigenvalue weighted by Gasteiger charge is 2.30. The van der Waals surface area contributed by atoms with Crippen molar-refractivity contribution < 1.29 is 4.79 Å². The summed E-state index contributed by atoms with van der Waals surface area (Å²) in [5, 5.41) is 2.66. The molecule has 0 fully saturated rings. The molecule has 0 radical (unpaired) electrons. The molecule has 2 nitrogen and oxygen atoms in total. The molecule has 1 N–H and O–H groups in total. The Morgan fingerprint density at radius 1 is 0.923 bits per heavy atom. The van der Waals surface area contributed by atoms with Gasteiger partial charge in [0.1, 0.15) is 0 Å². The number of hydrogen-bond donors (Lipinski definition) is 1. The summed E-state index contributed by atoms with van der Waals surface area (Å²) in [7, 11) is 1.65. The van der Waals surface area contributed by atoms with Gasteiger partial charge in [-0.3, -0.25) is 4.79 Å². The van der Waals surface area contributed by atoms with Gasteiger partial charge in [0.05, 0.1) is 0 Å². The largest absolute Gasteiger partial charge is 0.355 e. The van der Waals surface area contributed by atoms with Crippen molar-refractivity contribution in [2.24, 2.45) is 5.92 Å². The summed E-state index contributed by atoms with van der Waals surface area (Å²) in [5.41, 5.74) is 7.33. The van der Waals surface area contributed by atoms with Crippen LogP contribution >= 0.6 is 0 Å². The van der Waals surface area contributed by atoms with Crippen molar-refractivity contribution in [2.45, 2.75) is 19.3 Å². The molecule has 0 aliphatic heterocycles. The van der Waals surface area contributed by atoms with Gasteiger partial charge in [-0.15, -0.1) is 0 Å². The minimum Gasteiger partial charge on any atom is -0.355 e. The molecule has 0 saturated heterocycles. The maximum atomic E-state index is 11.7. The van der Waals surface area contributed by atoms with E-state index < -0.39 is 0 Å². The lowest BCUT2D eigenvalue weighted by Crippen LogP contribution is -2.17. The van der Waals surface area contributed by atoms with Gasteiger partial charge in [-0.2, -0.15) is 0 Å². The molecule has 3 aromatic carbocycles. The molecule has 0 saturated carbocycles. The van der Waals surface area contributed by atoms with E-state index in [-0.39, 0.29) is 5.91 Å². The van der Waals surface area contributed by atoms with E-state index in [0.29, 0.717) is 17.4 Å². The van der Waals surface area contributed by atoms with Gasteiger partial charge in [0, 0.05) is 18.5 Å². The van der Waals surface area contributed by atoms with Gasteiger partial charge in [0.15, 0.2) is 0 Å². The van der Waals surface area contributed by atoms with Crippen LogP contribution in [0.1, 0.15) is 39.9 Å². The predicted octanol–water partition coefficient (Wildman–Crippen LogP) is 5.04. The Balaban J connectivity index is 1.71. The predicted molar refractivity (Wildman–Crippen MR) is 106 cm³/mol. The molecule has 0 aromatic heterocycles. The highest BCUT2D eigenvalue weighted by Crippen LogP contribution is 2.43. The van der Waals surface area contributed by atoms with E-state index in [9.17, 15) is 4.79 Å². The standard InChI is InChI=1S/C24H23NO/c1-16-14-21-13-12-20(17-8-10-19(11-9-17)24(26)25-2)15-22(21)23(16)18-6-4-3-5-7-18/h3-13,15-16,23H,14H2,1-2H3,(H,25,26)/t16-,23-/m0/s1. The number of carbonyl (C=O) groups excluding carboxylic acids is 1. The molecular weight excluding hydrogens is 318 g/mol. The molecule has 0 heterocycles. The monoisotopic (exact) mass is 341 g/mol.